The van der Waals surface area contributed by atoms with Crippen LogP contribution >= 0.6 is 11.6 Å². The van der Waals surface area contributed by atoms with Crippen molar-refractivity contribution in [1.29, 1.82) is 0 Å². The Bertz CT molecular complexity index is 1070. The SMILES string of the molecule is COc1nc(NS(=O)(=O)c2c[nH]c3cc(Cl)ccc23)ncc1OCC(F)F. The molecule has 12 heteroatoms. The number of hydrogen-bond donors (Lipinski definition) is 2. The molecule has 2 aromatic heterocycles. The second kappa shape index (κ2) is 7.53. The van der Waals surface area contributed by atoms with Crippen molar-refractivity contribution in [3.8, 4) is 11.6 Å². The van der Waals surface area contributed by atoms with Gasteiger partial charge in [0, 0.05) is 22.1 Å². The molecule has 0 bridgehead atoms. The number of H-pyrrole nitrogens is 1. The molecule has 0 aliphatic heterocycles. The smallest absolute Gasteiger partial charge is 0.272 e. The minimum Gasteiger partial charge on any atom is -0.481 e. The van der Waals surface area contributed by atoms with Crippen LogP contribution < -0.4 is 14.2 Å². The number of aromatic amines is 1. The van der Waals surface area contributed by atoms with Crippen molar-refractivity contribution in [1.82, 2.24) is 15.0 Å². The Labute approximate surface area is 157 Å². The third-order valence-electron chi connectivity index (χ3n) is 3.40. The molecule has 8 nitrogen and oxygen atoms in total. The van der Waals surface area contributed by atoms with Crippen LogP contribution in [0.4, 0.5) is 14.7 Å². The first kappa shape index (κ1) is 19.1. The summed E-state index contributed by atoms with van der Waals surface area (Å²) in [6.07, 6.45) is -0.342. The molecular weight excluding hydrogens is 406 g/mol. The maximum Gasteiger partial charge on any atom is 0.272 e. The summed E-state index contributed by atoms with van der Waals surface area (Å²) < 4.78 is 61.8. The van der Waals surface area contributed by atoms with E-state index in [-0.39, 0.29) is 22.5 Å². The summed E-state index contributed by atoms with van der Waals surface area (Å²) in [5, 5.41) is 0.879. The van der Waals surface area contributed by atoms with Gasteiger partial charge in [0.25, 0.3) is 22.3 Å². The minimum atomic E-state index is -4.04. The van der Waals surface area contributed by atoms with Gasteiger partial charge in [-0.25, -0.2) is 26.9 Å². The van der Waals surface area contributed by atoms with E-state index in [4.69, 9.17) is 21.1 Å². The maximum atomic E-state index is 12.6. The van der Waals surface area contributed by atoms with Crippen LogP contribution in [0.2, 0.25) is 5.02 Å². The van der Waals surface area contributed by atoms with Crippen LogP contribution in [-0.2, 0) is 10.0 Å². The fourth-order valence-electron chi connectivity index (χ4n) is 2.27. The van der Waals surface area contributed by atoms with Crippen molar-refractivity contribution in [2.24, 2.45) is 0 Å². The van der Waals surface area contributed by atoms with Gasteiger partial charge in [-0.2, -0.15) is 4.98 Å². The van der Waals surface area contributed by atoms with Gasteiger partial charge in [-0.3, -0.25) is 0 Å². The zero-order chi connectivity index (χ0) is 19.6. The predicted molar refractivity (Wildman–Crippen MR) is 94.2 cm³/mol. The molecular formula is C15H13ClF2N4O4S. The highest BCUT2D eigenvalue weighted by atomic mass is 35.5. The number of benzene rings is 1. The van der Waals surface area contributed by atoms with E-state index < -0.39 is 23.1 Å². The summed E-state index contributed by atoms with van der Waals surface area (Å²) in [6, 6.07) is 4.71. The Morgan fingerprint density at radius 1 is 1.37 bits per heavy atom. The summed E-state index contributed by atoms with van der Waals surface area (Å²) in [7, 11) is -2.80. The average Bonchev–Trinajstić information content (AvgIpc) is 3.04. The molecule has 3 rings (SSSR count). The Hall–Kier alpha value is -2.66. The van der Waals surface area contributed by atoms with E-state index in [1.807, 2.05) is 0 Å². The zero-order valence-electron chi connectivity index (χ0n) is 13.7. The molecule has 0 atom stereocenters. The lowest BCUT2D eigenvalue weighted by Crippen LogP contribution is -2.15. The molecule has 144 valence electrons. The fourth-order valence-corrected chi connectivity index (χ4v) is 3.57. The average molecular weight is 419 g/mol. The number of rotatable bonds is 7. The molecule has 0 fully saturated rings. The van der Waals surface area contributed by atoms with Gasteiger partial charge in [-0.15, -0.1) is 0 Å². The number of hydrogen-bond acceptors (Lipinski definition) is 6. The monoisotopic (exact) mass is 418 g/mol. The van der Waals surface area contributed by atoms with Gasteiger partial charge in [0.2, 0.25) is 5.95 Å². The summed E-state index contributed by atoms with van der Waals surface area (Å²) in [5.74, 6) is -0.629. The maximum absolute atomic E-state index is 12.6. The number of ether oxygens (including phenoxy) is 2. The van der Waals surface area contributed by atoms with Crippen molar-refractivity contribution in [3.05, 3.63) is 35.6 Å². The van der Waals surface area contributed by atoms with E-state index in [0.717, 1.165) is 6.20 Å². The van der Waals surface area contributed by atoms with E-state index in [1.165, 1.54) is 13.3 Å². The minimum absolute atomic E-state index is 0.0326. The zero-order valence-corrected chi connectivity index (χ0v) is 15.3. The quantitative estimate of drug-likeness (QED) is 0.610. The summed E-state index contributed by atoms with van der Waals surface area (Å²) >= 11 is 5.89. The third kappa shape index (κ3) is 4.19. The summed E-state index contributed by atoms with van der Waals surface area (Å²) in [6.45, 7) is -0.872. The number of methoxy groups -OCH3 is 1. The van der Waals surface area contributed by atoms with Crippen molar-refractivity contribution in [2.45, 2.75) is 11.3 Å². The number of anilines is 1. The molecule has 0 radical (unpaired) electrons. The molecule has 0 unspecified atom stereocenters. The first-order chi connectivity index (χ1) is 12.8. The van der Waals surface area contributed by atoms with Crippen molar-refractivity contribution in [2.75, 3.05) is 18.4 Å². The number of nitrogens with zero attached hydrogens (tertiary/aromatic N) is 2. The second-order valence-electron chi connectivity index (χ2n) is 5.22. The Morgan fingerprint density at radius 2 is 2.15 bits per heavy atom. The molecule has 2 heterocycles. The van der Waals surface area contributed by atoms with Gasteiger partial charge in [-0.05, 0) is 18.2 Å². The van der Waals surface area contributed by atoms with Crippen LogP contribution in [0.5, 0.6) is 11.6 Å². The second-order valence-corrected chi connectivity index (χ2v) is 7.30. The number of aromatic nitrogens is 3. The lowest BCUT2D eigenvalue weighted by Gasteiger charge is -2.11. The number of nitrogens with one attached hydrogen (secondary N) is 2. The lowest BCUT2D eigenvalue weighted by molar-refractivity contribution is 0.0799. The molecule has 1 aromatic carbocycles. The van der Waals surface area contributed by atoms with Gasteiger partial charge in [0.15, 0.2) is 5.75 Å². The largest absolute Gasteiger partial charge is 0.481 e. The first-order valence-corrected chi connectivity index (χ1v) is 9.27. The third-order valence-corrected chi connectivity index (χ3v) is 5.00. The Morgan fingerprint density at radius 3 is 2.85 bits per heavy atom. The number of halogens is 3. The molecule has 0 spiro atoms. The first-order valence-electron chi connectivity index (χ1n) is 7.41. The van der Waals surface area contributed by atoms with E-state index >= 15 is 0 Å². The molecule has 2 N–H and O–H groups in total. The number of fused-ring (bicyclic) bond motifs is 1. The Kier molecular flexibility index (Phi) is 5.33. The van der Waals surface area contributed by atoms with E-state index in [0.29, 0.717) is 15.9 Å². The molecule has 0 amide bonds. The number of alkyl halides is 2. The van der Waals surface area contributed by atoms with Crippen LogP contribution in [0.3, 0.4) is 0 Å². The van der Waals surface area contributed by atoms with Gasteiger partial charge in [0.05, 0.1) is 13.3 Å². The highest BCUT2D eigenvalue weighted by molar-refractivity contribution is 7.93. The van der Waals surface area contributed by atoms with Crippen LogP contribution in [0, 0.1) is 0 Å². The molecule has 0 saturated carbocycles. The summed E-state index contributed by atoms with van der Waals surface area (Å²) in [4.78, 5) is 10.4. The molecule has 0 saturated heterocycles. The van der Waals surface area contributed by atoms with Crippen LogP contribution in [0.25, 0.3) is 10.9 Å². The van der Waals surface area contributed by atoms with Crippen LogP contribution in [0.15, 0.2) is 35.5 Å². The van der Waals surface area contributed by atoms with Gasteiger partial charge >= 0.3 is 0 Å². The van der Waals surface area contributed by atoms with Crippen LogP contribution in [-0.4, -0.2) is 43.5 Å². The lowest BCUT2D eigenvalue weighted by atomic mass is 10.2. The topological polar surface area (TPSA) is 106 Å². The molecule has 27 heavy (non-hydrogen) atoms. The highest BCUT2D eigenvalue weighted by Gasteiger charge is 2.21. The van der Waals surface area contributed by atoms with Crippen molar-refractivity contribution in [3.63, 3.8) is 0 Å². The van der Waals surface area contributed by atoms with Gasteiger partial charge < -0.3 is 14.5 Å². The Balaban J connectivity index is 1.88. The summed E-state index contributed by atoms with van der Waals surface area (Å²) in [5.41, 5.74) is 0.539. The molecule has 3 aromatic rings. The van der Waals surface area contributed by atoms with E-state index in [2.05, 4.69) is 19.7 Å². The van der Waals surface area contributed by atoms with Crippen molar-refractivity contribution < 1.29 is 26.7 Å². The highest BCUT2D eigenvalue weighted by Crippen LogP contribution is 2.28. The van der Waals surface area contributed by atoms with Gasteiger partial charge in [0.1, 0.15) is 11.5 Å². The molecule has 0 aliphatic carbocycles. The number of sulfonamides is 1. The van der Waals surface area contributed by atoms with Crippen LogP contribution in [0.1, 0.15) is 0 Å². The normalized spacial score (nSPS) is 11.7. The van der Waals surface area contributed by atoms with E-state index in [1.54, 1.807) is 18.2 Å². The fraction of sp³-hybridized carbons (Fsp3) is 0.200. The standard InChI is InChI=1S/C15H13ClF2N4O4S/c1-25-14-11(26-7-13(17)18)5-20-15(21-14)22-27(23,24)12-6-19-10-4-8(16)2-3-9(10)12/h2-6,13,19H,7H2,1H3,(H,20,21,22). The molecule has 0 aliphatic rings. The van der Waals surface area contributed by atoms with Gasteiger partial charge in [-0.1, -0.05) is 11.6 Å². The van der Waals surface area contributed by atoms with E-state index in [9.17, 15) is 17.2 Å². The predicted octanol–water partition coefficient (Wildman–Crippen LogP) is 3.06. The van der Waals surface area contributed by atoms with Crippen molar-refractivity contribution >= 4 is 38.5 Å².